The zero-order valence-corrected chi connectivity index (χ0v) is 23.0. The molecule has 0 saturated heterocycles. The summed E-state index contributed by atoms with van der Waals surface area (Å²) in [5.74, 6) is 3.13. The summed E-state index contributed by atoms with van der Waals surface area (Å²) in [6, 6.07) is 0.227. The monoisotopic (exact) mass is 536 g/mol. The van der Waals surface area contributed by atoms with Crippen molar-refractivity contribution in [2.24, 2.45) is 17.8 Å². The van der Waals surface area contributed by atoms with Crippen molar-refractivity contribution >= 4 is 22.9 Å². The van der Waals surface area contributed by atoms with E-state index in [-0.39, 0.29) is 17.7 Å². The minimum atomic E-state index is -0.653. The predicted octanol–water partition coefficient (Wildman–Crippen LogP) is 3.92. The molecule has 2 fully saturated rings. The molecule has 13 nitrogen and oxygen atoms in total. The van der Waals surface area contributed by atoms with Crippen LogP contribution in [0.2, 0.25) is 0 Å². The van der Waals surface area contributed by atoms with Crippen molar-refractivity contribution in [3.63, 3.8) is 0 Å². The van der Waals surface area contributed by atoms with Crippen LogP contribution in [0.25, 0.3) is 22.8 Å². The van der Waals surface area contributed by atoms with Crippen molar-refractivity contribution in [1.29, 1.82) is 0 Å². The van der Waals surface area contributed by atoms with Crippen LogP contribution in [0.15, 0.2) is 13.9 Å². The van der Waals surface area contributed by atoms with Crippen LogP contribution >= 0.6 is 0 Å². The van der Waals surface area contributed by atoms with E-state index in [1.807, 2.05) is 14.0 Å². The highest BCUT2D eigenvalue weighted by Gasteiger charge is 2.29. The van der Waals surface area contributed by atoms with Crippen LogP contribution in [-0.4, -0.2) is 53.1 Å². The van der Waals surface area contributed by atoms with Crippen LogP contribution < -0.4 is 16.0 Å². The normalized spacial score (nSPS) is 20.7. The van der Waals surface area contributed by atoms with E-state index >= 15 is 0 Å². The maximum absolute atomic E-state index is 11.7. The number of rotatable bonds is 9. The molecular formula is C26H36N10O3. The van der Waals surface area contributed by atoms with Gasteiger partial charge in [0.25, 0.3) is 0 Å². The Labute approximate surface area is 225 Å². The summed E-state index contributed by atoms with van der Waals surface area (Å²) in [6.45, 7) is 7.72. The Kier molecular flexibility index (Phi) is 6.81. The van der Waals surface area contributed by atoms with Crippen molar-refractivity contribution in [3.05, 3.63) is 21.9 Å². The lowest BCUT2D eigenvalue weighted by atomic mass is 9.80. The molecule has 0 bridgehead atoms. The summed E-state index contributed by atoms with van der Waals surface area (Å²) in [5.41, 5.74) is 2.89. The lowest BCUT2D eigenvalue weighted by Crippen LogP contribution is -2.31. The van der Waals surface area contributed by atoms with Crippen LogP contribution in [0.1, 0.15) is 70.2 Å². The first-order valence-electron chi connectivity index (χ1n) is 14.0. The molecule has 0 aromatic carbocycles. The van der Waals surface area contributed by atoms with Crippen molar-refractivity contribution < 1.29 is 9.15 Å². The third-order valence-electron chi connectivity index (χ3n) is 8.51. The predicted molar refractivity (Wildman–Crippen MR) is 144 cm³/mol. The summed E-state index contributed by atoms with van der Waals surface area (Å²) in [7, 11) is 1.99. The van der Waals surface area contributed by atoms with Gasteiger partial charge in [-0.05, 0) is 57.3 Å². The molecule has 4 aromatic rings. The van der Waals surface area contributed by atoms with E-state index in [4.69, 9.17) is 24.1 Å². The maximum Gasteiger partial charge on any atom is 0.439 e. The van der Waals surface area contributed by atoms with Crippen molar-refractivity contribution in [2.45, 2.75) is 84.8 Å². The van der Waals surface area contributed by atoms with E-state index in [1.165, 1.54) is 44.9 Å². The van der Waals surface area contributed by atoms with Crippen LogP contribution in [-0.2, 0) is 13.1 Å². The van der Waals surface area contributed by atoms with Gasteiger partial charge in [-0.15, -0.1) is 0 Å². The fourth-order valence-electron chi connectivity index (χ4n) is 5.75. The van der Waals surface area contributed by atoms with Gasteiger partial charge >= 0.3 is 5.76 Å². The Balaban J connectivity index is 1.46. The Morgan fingerprint density at radius 2 is 1.90 bits per heavy atom. The summed E-state index contributed by atoms with van der Waals surface area (Å²) < 4.78 is 11.9. The number of hydrogen-bond acceptors (Lipinski definition) is 11. The van der Waals surface area contributed by atoms with Gasteiger partial charge in [0.05, 0.1) is 6.54 Å². The third kappa shape index (κ3) is 5.13. The molecule has 39 heavy (non-hydrogen) atoms. The second-order valence-corrected chi connectivity index (χ2v) is 11.4. The largest absolute Gasteiger partial charge is 0.439 e. The number of nitrogens with one attached hydrogen (secondary N) is 2. The van der Waals surface area contributed by atoms with E-state index in [2.05, 4.69) is 49.1 Å². The maximum atomic E-state index is 11.7. The number of aryl methyl sites for hydroxylation is 1. The minimum Gasteiger partial charge on any atom is -0.365 e. The van der Waals surface area contributed by atoms with Crippen LogP contribution in [0.4, 0.5) is 11.8 Å². The fourth-order valence-corrected chi connectivity index (χ4v) is 5.75. The van der Waals surface area contributed by atoms with Gasteiger partial charge < -0.3 is 14.8 Å². The highest BCUT2D eigenvalue weighted by Crippen LogP contribution is 2.36. The second kappa shape index (κ2) is 10.4. The first kappa shape index (κ1) is 25.5. The number of imidazole rings is 1. The summed E-state index contributed by atoms with van der Waals surface area (Å²) >= 11 is 0. The van der Waals surface area contributed by atoms with Crippen molar-refractivity contribution in [2.75, 3.05) is 17.3 Å². The zero-order valence-electron chi connectivity index (χ0n) is 23.0. The number of anilines is 2. The van der Waals surface area contributed by atoms with Crippen LogP contribution in [0.5, 0.6) is 0 Å². The van der Waals surface area contributed by atoms with Gasteiger partial charge in [-0.3, -0.25) is 9.51 Å². The molecule has 2 saturated carbocycles. The fraction of sp³-hybridized carbons (Fsp3) is 0.654. The molecular weight excluding hydrogens is 500 g/mol. The molecule has 208 valence electrons. The van der Waals surface area contributed by atoms with Gasteiger partial charge in [0.15, 0.2) is 11.5 Å². The van der Waals surface area contributed by atoms with Gasteiger partial charge in [0.1, 0.15) is 16.9 Å². The first-order valence-corrected chi connectivity index (χ1v) is 14.0. The highest BCUT2D eigenvalue weighted by atomic mass is 16.6. The smallest absolute Gasteiger partial charge is 0.365 e. The molecule has 0 amide bonds. The Morgan fingerprint density at radius 1 is 1.10 bits per heavy atom. The van der Waals surface area contributed by atoms with Crippen molar-refractivity contribution in [1.82, 2.24) is 40.0 Å². The third-order valence-corrected chi connectivity index (χ3v) is 8.51. The number of H-pyrrole nitrogens is 1. The van der Waals surface area contributed by atoms with Crippen molar-refractivity contribution in [3.8, 4) is 11.6 Å². The quantitative estimate of drug-likeness (QED) is 0.319. The lowest BCUT2D eigenvalue weighted by molar-refractivity contribution is 0.266. The van der Waals surface area contributed by atoms with Gasteiger partial charge in [0.2, 0.25) is 17.6 Å². The van der Waals surface area contributed by atoms with E-state index in [1.54, 1.807) is 0 Å². The van der Waals surface area contributed by atoms with Gasteiger partial charge in [-0.25, -0.2) is 19.4 Å². The molecule has 4 aromatic heterocycles. The highest BCUT2D eigenvalue weighted by molar-refractivity contribution is 5.87. The van der Waals surface area contributed by atoms with E-state index < -0.39 is 5.76 Å². The molecule has 13 heteroatoms. The van der Waals surface area contributed by atoms with Crippen LogP contribution in [0, 0.1) is 24.7 Å². The summed E-state index contributed by atoms with van der Waals surface area (Å²) in [6.07, 6.45) is 8.47. The second-order valence-electron chi connectivity index (χ2n) is 11.4. The minimum absolute atomic E-state index is 0.177. The molecule has 6 rings (SSSR count). The Hall–Kier alpha value is -3.77. The molecule has 0 spiro atoms. The number of aromatic nitrogens is 8. The van der Waals surface area contributed by atoms with E-state index in [0.29, 0.717) is 29.8 Å². The lowest BCUT2D eigenvalue weighted by Gasteiger charge is -2.32. The van der Waals surface area contributed by atoms with Gasteiger partial charge in [-0.1, -0.05) is 41.7 Å². The summed E-state index contributed by atoms with van der Waals surface area (Å²) in [4.78, 5) is 30.9. The molecule has 0 aliphatic heterocycles. The summed E-state index contributed by atoms with van der Waals surface area (Å²) in [5, 5.41) is 15.5. The zero-order chi connectivity index (χ0) is 27.1. The number of aromatic amines is 1. The standard InChI is InChI=1S/C26H36N10O3/c1-14-8-10-17(11-9-14)12-36-20-21(27-15(2)18-6-5-7-18)28-23(24-31-26(37)38-34-24)29-22(20)30-25(36)35(4)13-19-16(3)32-39-33-19/h14-15,17-18H,5-13H2,1-4H3,(H,27,28,29)(H,31,34,37)/t14?,15-,17?/m1/s1. The molecule has 2 aliphatic carbocycles. The molecule has 4 heterocycles. The Bertz CT molecular complexity index is 1490. The SMILES string of the molecule is Cc1nonc1CN(C)c1nc2nc(-c3noc(=O)[nH]3)nc(N[C@H](C)C3CCC3)c2n1CC1CCC(C)CC1. The van der Waals surface area contributed by atoms with Gasteiger partial charge in [0, 0.05) is 19.6 Å². The van der Waals surface area contributed by atoms with Gasteiger partial charge in [-0.2, -0.15) is 4.98 Å². The average Bonchev–Trinajstić information content (AvgIpc) is 3.58. The number of hydrogen-bond donors (Lipinski definition) is 2. The molecule has 0 radical (unpaired) electrons. The number of nitrogens with zero attached hydrogens (tertiary/aromatic N) is 8. The molecule has 2 N–H and O–H groups in total. The first-order chi connectivity index (χ1) is 18.9. The van der Waals surface area contributed by atoms with Crippen LogP contribution in [0.3, 0.4) is 0 Å². The molecule has 1 atom stereocenters. The number of fused-ring (bicyclic) bond motifs is 1. The molecule has 2 aliphatic rings. The molecule has 0 unspecified atom stereocenters. The average molecular weight is 537 g/mol. The Morgan fingerprint density at radius 3 is 2.54 bits per heavy atom. The van der Waals surface area contributed by atoms with E-state index in [0.717, 1.165) is 35.3 Å². The topological polar surface area (TPSA) is 157 Å². The van der Waals surface area contributed by atoms with E-state index in [9.17, 15) is 4.79 Å².